The molecule has 0 spiro atoms. The van der Waals surface area contributed by atoms with Crippen molar-refractivity contribution in [3.63, 3.8) is 0 Å². The van der Waals surface area contributed by atoms with Crippen LogP contribution < -0.4 is 0 Å². The summed E-state index contributed by atoms with van der Waals surface area (Å²) in [5.41, 5.74) is 2.47. The molecule has 4 nitrogen and oxygen atoms in total. The van der Waals surface area contributed by atoms with E-state index >= 15 is 0 Å². The first-order chi connectivity index (χ1) is 11.2. The van der Waals surface area contributed by atoms with Crippen molar-refractivity contribution in [1.82, 2.24) is 0 Å². The van der Waals surface area contributed by atoms with E-state index in [4.69, 9.17) is 9.47 Å². The Labute approximate surface area is 136 Å². The van der Waals surface area contributed by atoms with E-state index in [-0.39, 0.29) is 12.3 Å². The molecular formula is C19H21NO3. The zero-order valence-electron chi connectivity index (χ0n) is 13.3. The molecule has 120 valence electrons. The fourth-order valence-corrected chi connectivity index (χ4v) is 2.79. The quantitative estimate of drug-likeness (QED) is 0.792. The summed E-state index contributed by atoms with van der Waals surface area (Å²) in [5.74, 6) is -0.355. The number of hydrogen-bond acceptors (Lipinski definition) is 4. The van der Waals surface area contributed by atoms with E-state index in [2.05, 4.69) is 6.07 Å². The minimum absolute atomic E-state index is 0.202. The summed E-state index contributed by atoms with van der Waals surface area (Å²) in [6, 6.07) is 19.1. The smallest absolute Gasteiger partial charge is 0.183 e. The van der Waals surface area contributed by atoms with Crippen molar-refractivity contribution in [2.45, 2.75) is 24.7 Å². The maximum absolute atomic E-state index is 10.8. The molecule has 2 aromatic carbocycles. The van der Waals surface area contributed by atoms with Crippen LogP contribution in [0.4, 0.5) is 0 Å². The van der Waals surface area contributed by atoms with E-state index in [1.807, 2.05) is 54.6 Å². The molecule has 0 amide bonds. The van der Waals surface area contributed by atoms with Gasteiger partial charge in [0.2, 0.25) is 0 Å². The lowest BCUT2D eigenvalue weighted by Gasteiger charge is -2.26. The summed E-state index contributed by atoms with van der Waals surface area (Å²) in [4.78, 5) is 0. The van der Waals surface area contributed by atoms with E-state index < -0.39 is 12.4 Å². The first kappa shape index (κ1) is 17.2. The summed E-state index contributed by atoms with van der Waals surface area (Å²) in [6.07, 6.45) is -1.10. The molecule has 0 saturated carbocycles. The molecular weight excluding hydrogens is 290 g/mol. The number of rotatable bonds is 7. The molecule has 2 rings (SSSR count). The zero-order valence-corrected chi connectivity index (χ0v) is 13.3. The van der Waals surface area contributed by atoms with Crippen molar-refractivity contribution >= 4 is 0 Å². The Kier molecular flexibility index (Phi) is 6.30. The van der Waals surface area contributed by atoms with Crippen molar-refractivity contribution in [1.29, 1.82) is 5.26 Å². The third-order valence-corrected chi connectivity index (χ3v) is 3.91. The first-order valence-corrected chi connectivity index (χ1v) is 7.47. The van der Waals surface area contributed by atoms with Gasteiger partial charge in [0.1, 0.15) is 0 Å². The van der Waals surface area contributed by atoms with Crippen molar-refractivity contribution in [3.8, 4) is 6.07 Å². The summed E-state index contributed by atoms with van der Waals surface area (Å²) < 4.78 is 10.7. The molecule has 0 aliphatic rings. The van der Waals surface area contributed by atoms with E-state index in [9.17, 15) is 10.4 Å². The Bertz CT molecular complexity index is 647. The van der Waals surface area contributed by atoms with E-state index in [0.29, 0.717) is 0 Å². The zero-order chi connectivity index (χ0) is 16.7. The number of hydrogen-bond donors (Lipinski definition) is 1. The van der Waals surface area contributed by atoms with Gasteiger partial charge in [-0.3, -0.25) is 0 Å². The topological polar surface area (TPSA) is 62.5 Å². The number of ether oxygens (including phenoxy) is 2. The second-order valence-electron chi connectivity index (χ2n) is 5.26. The second kappa shape index (κ2) is 8.44. The molecule has 1 N–H and O–H groups in total. The number of methoxy groups -OCH3 is 2. The summed E-state index contributed by atoms with van der Waals surface area (Å²) >= 11 is 0. The molecule has 2 unspecified atom stereocenters. The number of aliphatic hydroxyl groups excluding tert-OH is 1. The molecule has 0 radical (unpaired) electrons. The summed E-state index contributed by atoms with van der Waals surface area (Å²) in [5, 5.41) is 20.0. The lowest BCUT2D eigenvalue weighted by molar-refractivity contribution is -0.106. The maximum Gasteiger partial charge on any atom is 0.183 e. The molecule has 0 bridgehead atoms. The van der Waals surface area contributed by atoms with Crippen LogP contribution in [0, 0.1) is 11.3 Å². The van der Waals surface area contributed by atoms with Crippen LogP contribution in [0.3, 0.4) is 0 Å². The van der Waals surface area contributed by atoms with Gasteiger partial charge in [-0.05, 0) is 11.1 Å². The lowest BCUT2D eigenvalue weighted by Crippen LogP contribution is -2.15. The van der Waals surface area contributed by atoms with Gasteiger partial charge in [0, 0.05) is 32.1 Å². The van der Waals surface area contributed by atoms with Crippen LogP contribution in [0.25, 0.3) is 0 Å². The largest absolute Gasteiger partial charge is 0.388 e. The van der Waals surface area contributed by atoms with Crippen molar-refractivity contribution in [2.24, 2.45) is 0 Å². The molecule has 0 heterocycles. The van der Waals surface area contributed by atoms with Gasteiger partial charge in [0.15, 0.2) is 6.29 Å². The number of benzene rings is 2. The van der Waals surface area contributed by atoms with Crippen LogP contribution in [0.2, 0.25) is 0 Å². The molecule has 0 saturated heterocycles. The van der Waals surface area contributed by atoms with Gasteiger partial charge < -0.3 is 14.6 Å². The number of nitrogens with zero attached hydrogens (tertiary/aromatic N) is 1. The van der Waals surface area contributed by atoms with Gasteiger partial charge in [-0.2, -0.15) is 5.26 Å². The van der Waals surface area contributed by atoms with Crippen LogP contribution in [0.5, 0.6) is 0 Å². The molecule has 2 atom stereocenters. The minimum Gasteiger partial charge on any atom is -0.388 e. The molecule has 0 aliphatic carbocycles. The van der Waals surface area contributed by atoms with Crippen molar-refractivity contribution < 1.29 is 14.6 Å². The minimum atomic E-state index is -0.772. The van der Waals surface area contributed by atoms with E-state index in [1.165, 1.54) is 0 Å². The standard InChI is InChI=1S/C19H21NO3/c1-22-19(23-2)17-11-7-6-10-15(17)16(12-13-20)18(21)14-8-4-3-5-9-14/h3-11,16,18-19,21H,12H2,1-2H3. The number of aliphatic hydroxyl groups is 1. The highest BCUT2D eigenvalue weighted by molar-refractivity contribution is 5.35. The van der Waals surface area contributed by atoms with Crippen molar-refractivity contribution in [2.75, 3.05) is 14.2 Å². The average Bonchev–Trinajstić information content (AvgIpc) is 2.61. The molecule has 2 aromatic rings. The van der Waals surface area contributed by atoms with Crippen LogP contribution in [0.1, 0.15) is 41.4 Å². The lowest BCUT2D eigenvalue weighted by atomic mass is 9.84. The highest BCUT2D eigenvalue weighted by Crippen LogP contribution is 2.37. The van der Waals surface area contributed by atoms with Gasteiger partial charge in [0.25, 0.3) is 0 Å². The van der Waals surface area contributed by atoms with Gasteiger partial charge in [-0.25, -0.2) is 0 Å². The Morgan fingerprint density at radius 1 is 0.957 bits per heavy atom. The van der Waals surface area contributed by atoms with Crippen LogP contribution in [-0.2, 0) is 9.47 Å². The van der Waals surface area contributed by atoms with Gasteiger partial charge in [0.05, 0.1) is 12.2 Å². The molecule has 4 heteroatoms. The second-order valence-corrected chi connectivity index (χ2v) is 5.26. The summed E-state index contributed by atoms with van der Waals surface area (Å²) in [6.45, 7) is 0. The van der Waals surface area contributed by atoms with Crippen LogP contribution in [0.15, 0.2) is 54.6 Å². The average molecular weight is 311 g/mol. The summed E-state index contributed by atoms with van der Waals surface area (Å²) in [7, 11) is 3.13. The van der Waals surface area contributed by atoms with Gasteiger partial charge in [-0.1, -0.05) is 54.6 Å². The predicted octanol–water partition coefficient (Wildman–Crippen LogP) is 3.71. The predicted molar refractivity (Wildman–Crippen MR) is 87.6 cm³/mol. The Balaban J connectivity index is 2.44. The Morgan fingerprint density at radius 3 is 2.09 bits per heavy atom. The van der Waals surface area contributed by atoms with E-state index in [0.717, 1.165) is 16.7 Å². The molecule has 23 heavy (non-hydrogen) atoms. The Hall–Kier alpha value is -2.19. The van der Waals surface area contributed by atoms with E-state index in [1.54, 1.807) is 14.2 Å². The van der Waals surface area contributed by atoms with Gasteiger partial charge in [-0.15, -0.1) is 0 Å². The Morgan fingerprint density at radius 2 is 1.52 bits per heavy atom. The van der Waals surface area contributed by atoms with Crippen LogP contribution in [-0.4, -0.2) is 19.3 Å². The first-order valence-electron chi connectivity index (χ1n) is 7.47. The third-order valence-electron chi connectivity index (χ3n) is 3.91. The maximum atomic E-state index is 10.8. The van der Waals surface area contributed by atoms with Crippen LogP contribution >= 0.6 is 0 Å². The fourth-order valence-electron chi connectivity index (χ4n) is 2.79. The fraction of sp³-hybridized carbons (Fsp3) is 0.316. The third kappa shape index (κ3) is 3.96. The highest BCUT2D eigenvalue weighted by Gasteiger charge is 2.27. The van der Waals surface area contributed by atoms with Gasteiger partial charge >= 0.3 is 0 Å². The SMILES string of the molecule is COC(OC)c1ccccc1C(CC#N)C(O)c1ccccc1. The molecule has 0 fully saturated rings. The van der Waals surface area contributed by atoms with Crippen molar-refractivity contribution in [3.05, 3.63) is 71.3 Å². The monoisotopic (exact) mass is 311 g/mol. The normalized spacial score (nSPS) is 13.5. The highest BCUT2D eigenvalue weighted by atomic mass is 16.7. The molecule has 0 aromatic heterocycles. The molecule has 0 aliphatic heterocycles. The number of nitriles is 1.